The van der Waals surface area contributed by atoms with E-state index in [4.69, 9.17) is 5.11 Å². The van der Waals surface area contributed by atoms with E-state index in [0.717, 1.165) is 0 Å². The summed E-state index contributed by atoms with van der Waals surface area (Å²) >= 11 is 0. The largest absolute Gasteiger partial charge is 0.481 e. The molecule has 0 saturated carbocycles. The Morgan fingerprint density at radius 3 is 2.35 bits per heavy atom. The fourth-order valence-corrected chi connectivity index (χ4v) is 1.34. The van der Waals surface area contributed by atoms with Crippen molar-refractivity contribution in [2.45, 2.75) is 27.2 Å². The van der Waals surface area contributed by atoms with Gasteiger partial charge in [0, 0.05) is 13.1 Å². The van der Waals surface area contributed by atoms with Gasteiger partial charge in [-0.2, -0.15) is 0 Å². The van der Waals surface area contributed by atoms with Crippen molar-refractivity contribution in [2.24, 2.45) is 11.3 Å². The molecule has 1 atom stereocenters. The minimum atomic E-state index is -0.849. The van der Waals surface area contributed by atoms with E-state index in [1.165, 1.54) is 0 Å². The van der Waals surface area contributed by atoms with E-state index in [1.807, 2.05) is 20.8 Å². The van der Waals surface area contributed by atoms with Crippen molar-refractivity contribution in [1.82, 2.24) is 10.6 Å². The third-order valence-corrected chi connectivity index (χ3v) is 2.56. The smallest absolute Gasteiger partial charge is 0.315 e. The van der Waals surface area contributed by atoms with Crippen molar-refractivity contribution >= 4 is 12.0 Å². The normalized spacial score (nSPS) is 12.6. The highest BCUT2D eigenvalue weighted by molar-refractivity contribution is 5.74. The quantitative estimate of drug-likeness (QED) is 0.619. The molecule has 2 amide bonds. The van der Waals surface area contributed by atoms with E-state index in [2.05, 4.69) is 17.2 Å². The standard InChI is InChI=1S/C12H22N2O3/c1-5-6-13-11(17)14-8-9(7-10(15)16)12(2,3)4/h5,9H,1,6-8H2,2-4H3,(H,15,16)(H2,13,14,17). The summed E-state index contributed by atoms with van der Waals surface area (Å²) in [4.78, 5) is 22.0. The summed E-state index contributed by atoms with van der Waals surface area (Å²) < 4.78 is 0. The Morgan fingerprint density at radius 1 is 1.35 bits per heavy atom. The fraction of sp³-hybridized carbons (Fsp3) is 0.667. The van der Waals surface area contributed by atoms with Crippen LogP contribution in [-0.4, -0.2) is 30.2 Å². The molecule has 17 heavy (non-hydrogen) atoms. The molecular weight excluding hydrogens is 220 g/mol. The van der Waals surface area contributed by atoms with Crippen molar-refractivity contribution in [3.63, 3.8) is 0 Å². The minimum Gasteiger partial charge on any atom is -0.481 e. The summed E-state index contributed by atoms with van der Waals surface area (Å²) in [5.74, 6) is -0.951. The molecule has 3 N–H and O–H groups in total. The molecule has 0 aliphatic rings. The van der Waals surface area contributed by atoms with Crippen molar-refractivity contribution in [2.75, 3.05) is 13.1 Å². The molecule has 0 bridgehead atoms. The maximum Gasteiger partial charge on any atom is 0.315 e. The average molecular weight is 242 g/mol. The maximum atomic E-state index is 11.3. The lowest BCUT2D eigenvalue weighted by molar-refractivity contribution is -0.139. The molecule has 0 rings (SSSR count). The molecule has 1 unspecified atom stereocenters. The van der Waals surface area contributed by atoms with Crippen molar-refractivity contribution in [3.8, 4) is 0 Å². The highest BCUT2D eigenvalue weighted by atomic mass is 16.4. The second kappa shape index (κ2) is 6.93. The number of hydrogen-bond acceptors (Lipinski definition) is 2. The fourth-order valence-electron chi connectivity index (χ4n) is 1.34. The number of amides is 2. The van der Waals surface area contributed by atoms with E-state index in [0.29, 0.717) is 13.1 Å². The SMILES string of the molecule is C=CCNC(=O)NCC(CC(=O)O)C(C)(C)C. The molecule has 0 aliphatic carbocycles. The van der Waals surface area contributed by atoms with Gasteiger partial charge in [0.05, 0.1) is 6.42 Å². The minimum absolute atomic E-state index is 0.0469. The number of carboxylic acids is 1. The van der Waals surface area contributed by atoms with Gasteiger partial charge in [0.25, 0.3) is 0 Å². The molecule has 5 heteroatoms. The summed E-state index contributed by atoms with van der Waals surface area (Å²) in [6.45, 7) is 10.1. The van der Waals surface area contributed by atoms with Gasteiger partial charge in [-0.15, -0.1) is 6.58 Å². The van der Waals surface area contributed by atoms with E-state index in [-0.39, 0.29) is 23.8 Å². The molecule has 0 aromatic heterocycles. The zero-order valence-electron chi connectivity index (χ0n) is 10.7. The highest BCUT2D eigenvalue weighted by Crippen LogP contribution is 2.28. The van der Waals surface area contributed by atoms with Gasteiger partial charge in [-0.05, 0) is 11.3 Å². The van der Waals surface area contributed by atoms with Crippen LogP contribution in [0.2, 0.25) is 0 Å². The molecule has 0 aliphatic heterocycles. The van der Waals surface area contributed by atoms with Gasteiger partial charge in [0.2, 0.25) is 0 Å². The number of hydrogen-bond donors (Lipinski definition) is 3. The van der Waals surface area contributed by atoms with Crippen LogP contribution in [-0.2, 0) is 4.79 Å². The molecule has 0 spiro atoms. The highest BCUT2D eigenvalue weighted by Gasteiger charge is 2.27. The van der Waals surface area contributed by atoms with Crippen LogP contribution in [0.15, 0.2) is 12.7 Å². The number of rotatable bonds is 6. The lowest BCUT2D eigenvalue weighted by Gasteiger charge is -2.29. The van der Waals surface area contributed by atoms with Gasteiger partial charge >= 0.3 is 12.0 Å². The first kappa shape index (κ1) is 15.5. The van der Waals surface area contributed by atoms with E-state index >= 15 is 0 Å². The summed E-state index contributed by atoms with van der Waals surface area (Å²) in [7, 11) is 0. The second-order valence-corrected chi connectivity index (χ2v) is 5.04. The molecule has 0 radical (unpaired) electrons. The van der Waals surface area contributed by atoms with Crippen LogP contribution in [0, 0.1) is 11.3 Å². The first-order valence-electron chi connectivity index (χ1n) is 5.61. The number of carbonyl (C=O) groups excluding carboxylic acids is 1. The average Bonchev–Trinajstić information content (AvgIpc) is 2.19. The summed E-state index contributed by atoms with van der Waals surface area (Å²) in [6.07, 6.45) is 1.63. The summed E-state index contributed by atoms with van der Waals surface area (Å²) in [5.41, 5.74) is -0.163. The number of carbonyl (C=O) groups is 2. The zero-order valence-corrected chi connectivity index (χ0v) is 10.7. The third kappa shape index (κ3) is 7.38. The molecule has 0 heterocycles. The van der Waals surface area contributed by atoms with E-state index in [9.17, 15) is 9.59 Å². The predicted octanol–water partition coefficient (Wildman–Crippen LogP) is 1.61. The summed E-state index contributed by atoms with van der Waals surface area (Å²) in [6, 6.07) is -0.301. The predicted molar refractivity (Wildman–Crippen MR) is 66.8 cm³/mol. The van der Waals surface area contributed by atoms with Gasteiger partial charge in [0.15, 0.2) is 0 Å². The first-order valence-corrected chi connectivity index (χ1v) is 5.61. The number of urea groups is 1. The van der Waals surface area contributed by atoms with E-state index < -0.39 is 5.97 Å². The molecule has 0 fully saturated rings. The van der Waals surface area contributed by atoms with Crippen molar-refractivity contribution in [3.05, 3.63) is 12.7 Å². The molecule has 0 saturated heterocycles. The Labute approximate surface area is 102 Å². The van der Waals surface area contributed by atoms with E-state index in [1.54, 1.807) is 6.08 Å². The van der Waals surface area contributed by atoms with Crippen LogP contribution in [0.4, 0.5) is 4.79 Å². The molecule has 0 aromatic rings. The number of nitrogens with one attached hydrogen (secondary N) is 2. The van der Waals surface area contributed by atoms with Gasteiger partial charge in [-0.25, -0.2) is 4.79 Å². The molecule has 98 valence electrons. The number of carboxylic acid groups (broad SMARTS) is 1. The third-order valence-electron chi connectivity index (χ3n) is 2.56. The van der Waals surface area contributed by atoms with Crippen LogP contribution >= 0.6 is 0 Å². The Morgan fingerprint density at radius 2 is 1.94 bits per heavy atom. The van der Waals surface area contributed by atoms with Crippen LogP contribution in [0.3, 0.4) is 0 Å². The van der Waals surface area contributed by atoms with Gasteiger partial charge in [-0.1, -0.05) is 26.8 Å². The first-order chi connectivity index (χ1) is 7.77. The van der Waals surface area contributed by atoms with Crippen molar-refractivity contribution in [1.29, 1.82) is 0 Å². The summed E-state index contributed by atoms with van der Waals surface area (Å²) in [5, 5.41) is 14.1. The lowest BCUT2D eigenvalue weighted by Crippen LogP contribution is -2.41. The van der Waals surface area contributed by atoms with Crippen LogP contribution in [0.1, 0.15) is 27.2 Å². The topological polar surface area (TPSA) is 78.4 Å². The van der Waals surface area contributed by atoms with Gasteiger partial charge in [0.1, 0.15) is 0 Å². The second-order valence-electron chi connectivity index (χ2n) is 5.04. The van der Waals surface area contributed by atoms with Crippen LogP contribution in [0.5, 0.6) is 0 Å². The van der Waals surface area contributed by atoms with Crippen molar-refractivity contribution < 1.29 is 14.7 Å². The lowest BCUT2D eigenvalue weighted by atomic mass is 9.79. The Kier molecular flexibility index (Phi) is 6.31. The zero-order chi connectivity index (χ0) is 13.5. The maximum absolute atomic E-state index is 11.3. The van der Waals surface area contributed by atoms with Crippen LogP contribution < -0.4 is 10.6 Å². The number of aliphatic carboxylic acids is 1. The molecule has 5 nitrogen and oxygen atoms in total. The molecular formula is C12H22N2O3. The monoisotopic (exact) mass is 242 g/mol. The Balaban J connectivity index is 4.21. The molecule has 0 aromatic carbocycles. The Hall–Kier alpha value is -1.52. The Bertz CT molecular complexity index is 282. The van der Waals surface area contributed by atoms with Gasteiger partial charge in [-0.3, -0.25) is 4.79 Å². The van der Waals surface area contributed by atoms with Gasteiger partial charge < -0.3 is 15.7 Å². The van der Waals surface area contributed by atoms with Crippen LogP contribution in [0.25, 0.3) is 0 Å².